The van der Waals surface area contributed by atoms with Crippen molar-refractivity contribution in [3.05, 3.63) is 52.3 Å². The highest BCUT2D eigenvalue weighted by atomic mass is 79.9. The lowest BCUT2D eigenvalue weighted by Crippen LogP contribution is -2.05. The Hall–Kier alpha value is -2.10. The minimum Gasteiger partial charge on any atom is -0.493 e. The summed E-state index contributed by atoms with van der Waals surface area (Å²) in [6.45, 7) is 1.30. The summed E-state index contributed by atoms with van der Waals surface area (Å²) in [5, 5.41) is 9.48. The van der Waals surface area contributed by atoms with Crippen molar-refractivity contribution in [3.63, 3.8) is 0 Å². The average molecular weight is 496 g/mol. The zero-order chi connectivity index (χ0) is 21.5. The standard InChI is InChI=1S/C21H23BrFN3O3S/c1-27-10-4-9-26-20(14-6-8-18(28-2)19(11-14)29-3)24-25-21(26)30-13-15-5-7-16(22)12-17(15)23/h5-8,11-12H,4,9-10,13H2,1-3H3. The highest BCUT2D eigenvalue weighted by Crippen LogP contribution is 2.33. The van der Waals surface area contributed by atoms with Gasteiger partial charge in [-0.1, -0.05) is 33.8 Å². The van der Waals surface area contributed by atoms with Crippen LogP contribution in [0.4, 0.5) is 4.39 Å². The number of hydrogen-bond donors (Lipinski definition) is 0. The van der Waals surface area contributed by atoms with Crippen molar-refractivity contribution < 1.29 is 18.6 Å². The van der Waals surface area contributed by atoms with E-state index in [4.69, 9.17) is 14.2 Å². The molecule has 0 aliphatic rings. The van der Waals surface area contributed by atoms with Crippen LogP contribution < -0.4 is 9.47 Å². The second kappa shape index (κ2) is 10.8. The molecule has 1 heterocycles. The summed E-state index contributed by atoms with van der Waals surface area (Å²) in [5.74, 6) is 2.18. The summed E-state index contributed by atoms with van der Waals surface area (Å²) < 4.78 is 32.9. The highest BCUT2D eigenvalue weighted by molar-refractivity contribution is 9.10. The molecule has 0 aliphatic heterocycles. The fraction of sp³-hybridized carbons (Fsp3) is 0.333. The Labute approximate surface area is 187 Å². The summed E-state index contributed by atoms with van der Waals surface area (Å²) in [6, 6.07) is 10.7. The SMILES string of the molecule is COCCCn1c(SCc2ccc(Br)cc2F)nnc1-c1ccc(OC)c(OC)c1. The molecule has 3 rings (SSSR count). The van der Waals surface area contributed by atoms with Crippen LogP contribution in [-0.2, 0) is 17.0 Å². The lowest BCUT2D eigenvalue weighted by molar-refractivity contribution is 0.189. The number of rotatable bonds is 10. The normalized spacial score (nSPS) is 11.0. The molecule has 0 aliphatic carbocycles. The number of thioether (sulfide) groups is 1. The van der Waals surface area contributed by atoms with Gasteiger partial charge in [-0.3, -0.25) is 0 Å². The van der Waals surface area contributed by atoms with Crippen LogP contribution >= 0.6 is 27.7 Å². The van der Waals surface area contributed by atoms with Crippen LogP contribution in [0.25, 0.3) is 11.4 Å². The first-order valence-electron chi connectivity index (χ1n) is 9.28. The Morgan fingerprint density at radius 3 is 2.53 bits per heavy atom. The second-order valence-electron chi connectivity index (χ2n) is 6.40. The molecule has 0 saturated heterocycles. The third-order valence-electron chi connectivity index (χ3n) is 4.46. The third-order valence-corrected chi connectivity index (χ3v) is 5.97. The van der Waals surface area contributed by atoms with E-state index in [0.29, 0.717) is 46.3 Å². The van der Waals surface area contributed by atoms with Gasteiger partial charge in [-0.05, 0) is 42.3 Å². The van der Waals surface area contributed by atoms with E-state index in [1.807, 2.05) is 28.8 Å². The van der Waals surface area contributed by atoms with Crippen LogP contribution in [0.15, 0.2) is 46.0 Å². The Balaban J connectivity index is 1.89. The first-order valence-corrected chi connectivity index (χ1v) is 11.1. The Morgan fingerprint density at radius 2 is 1.83 bits per heavy atom. The maximum absolute atomic E-state index is 14.2. The van der Waals surface area contributed by atoms with Crippen molar-refractivity contribution in [3.8, 4) is 22.9 Å². The van der Waals surface area contributed by atoms with E-state index in [1.165, 1.54) is 17.8 Å². The van der Waals surface area contributed by atoms with Gasteiger partial charge in [-0.2, -0.15) is 0 Å². The average Bonchev–Trinajstić information content (AvgIpc) is 3.15. The molecule has 0 atom stereocenters. The summed E-state index contributed by atoms with van der Waals surface area (Å²) in [5.41, 5.74) is 1.47. The van der Waals surface area contributed by atoms with Crippen molar-refractivity contribution in [1.82, 2.24) is 14.8 Å². The van der Waals surface area contributed by atoms with Crippen molar-refractivity contribution in [2.45, 2.75) is 23.9 Å². The van der Waals surface area contributed by atoms with Crippen LogP contribution in [0.2, 0.25) is 0 Å². The number of hydrogen-bond acceptors (Lipinski definition) is 6. The van der Waals surface area contributed by atoms with E-state index in [2.05, 4.69) is 26.1 Å². The minimum atomic E-state index is -0.248. The van der Waals surface area contributed by atoms with Gasteiger partial charge >= 0.3 is 0 Å². The number of halogens is 2. The molecule has 0 spiro atoms. The lowest BCUT2D eigenvalue weighted by Gasteiger charge is -2.12. The van der Waals surface area contributed by atoms with Crippen molar-refractivity contribution >= 4 is 27.7 Å². The molecule has 30 heavy (non-hydrogen) atoms. The molecular weight excluding hydrogens is 473 g/mol. The molecule has 6 nitrogen and oxygen atoms in total. The van der Waals surface area contributed by atoms with Gasteiger partial charge in [0.25, 0.3) is 0 Å². The summed E-state index contributed by atoms with van der Waals surface area (Å²) in [6.07, 6.45) is 0.801. The van der Waals surface area contributed by atoms with Gasteiger partial charge in [0, 0.05) is 36.1 Å². The number of benzene rings is 2. The van der Waals surface area contributed by atoms with Gasteiger partial charge in [0.2, 0.25) is 0 Å². The van der Waals surface area contributed by atoms with E-state index in [1.54, 1.807) is 27.4 Å². The highest BCUT2D eigenvalue weighted by Gasteiger charge is 2.17. The zero-order valence-corrected chi connectivity index (χ0v) is 19.4. The maximum atomic E-state index is 14.2. The molecule has 160 valence electrons. The van der Waals surface area contributed by atoms with E-state index < -0.39 is 0 Å². The third kappa shape index (κ3) is 5.33. The van der Waals surface area contributed by atoms with Gasteiger partial charge in [0.05, 0.1) is 14.2 Å². The van der Waals surface area contributed by atoms with Gasteiger partial charge in [-0.15, -0.1) is 10.2 Å². The van der Waals surface area contributed by atoms with Crippen molar-refractivity contribution in [2.75, 3.05) is 27.9 Å². The Bertz CT molecular complexity index is 1000. The number of nitrogens with zero attached hydrogens (tertiary/aromatic N) is 3. The van der Waals surface area contributed by atoms with Gasteiger partial charge in [0.1, 0.15) is 5.82 Å². The second-order valence-corrected chi connectivity index (χ2v) is 8.26. The maximum Gasteiger partial charge on any atom is 0.191 e. The first-order chi connectivity index (χ1) is 14.6. The summed E-state index contributed by atoms with van der Waals surface area (Å²) >= 11 is 4.73. The summed E-state index contributed by atoms with van der Waals surface area (Å²) in [4.78, 5) is 0. The molecule has 0 saturated carbocycles. The summed E-state index contributed by atoms with van der Waals surface area (Å²) in [7, 11) is 4.87. The van der Waals surface area contributed by atoms with E-state index in [0.717, 1.165) is 17.1 Å². The predicted octanol–water partition coefficient (Wildman–Crippen LogP) is 5.19. The number of aromatic nitrogens is 3. The molecule has 0 radical (unpaired) electrons. The van der Waals surface area contributed by atoms with Crippen LogP contribution in [0.5, 0.6) is 11.5 Å². The number of ether oxygens (including phenoxy) is 3. The van der Waals surface area contributed by atoms with Gasteiger partial charge < -0.3 is 18.8 Å². The molecule has 9 heteroatoms. The van der Waals surface area contributed by atoms with Crippen LogP contribution in [0, 0.1) is 5.82 Å². The Kier molecular flexibility index (Phi) is 8.12. The van der Waals surface area contributed by atoms with Gasteiger partial charge in [0.15, 0.2) is 22.5 Å². The predicted molar refractivity (Wildman–Crippen MR) is 119 cm³/mol. The molecule has 0 bridgehead atoms. The van der Waals surface area contributed by atoms with Crippen LogP contribution in [0.3, 0.4) is 0 Å². The van der Waals surface area contributed by atoms with Gasteiger partial charge in [-0.25, -0.2) is 4.39 Å². The molecule has 0 fully saturated rings. The van der Waals surface area contributed by atoms with Crippen molar-refractivity contribution in [2.24, 2.45) is 0 Å². The topological polar surface area (TPSA) is 58.4 Å². The van der Waals surface area contributed by atoms with E-state index in [9.17, 15) is 4.39 Å². The molecular formula is C21H23BrFN3O3S. The number of methoxy groups -OCH3 is 3. The first kappa shape index (κ1) is 22.6. The van der Waals surface area contributed by atoms with E-state index >= 15 is 0 Å². The monoisotopic (exact) mass is 495 g/mol. The largest absolute Gasteiger partial charge is 0.493 e. The quantitative estimate of drug-likeness (QED) is 0.284. The zero-order valence-electron chi connectivity index (χ0n) is 17.0. The molecule has 0 amide bonds. The lowest BCUT2D eigenvalue weighted by atomic mass is 10.2. The fourth-order valence-electron chi connectivity index (χ4n) is 2.93. The molecule has 0 N–H and O–H groups in total. The molecule has 1 aromatic heterocycles. The minimum absolute atomic E-state index is 0.248. The molecule has 0 unspecified atom stereocenters. The van der Waals surface area contributed by atoms with Crippen molar-refractivity contribution in [1.29, 1.82) is 0 Å². The van der Waals surface area contributed by atoms with Crippen LogP contribution in [0.1, 0.15) is 12.0 Å². The van der Waals surface area contributed by atoms with Crippen LogP contribution in [-0.4, -0.2) is 42.7 Å². The molecule has 2 aromatic carbocycles. The fourth-order valence-corrected chi connectivity index (χ4v) is 4.22. The Morgan fingerprint density at radius 1 is 1.03 bits per heavy atom. The molecule has 3 aromatic rings. The van der Waals surface area contributed by atoms with E-state index in [-0.39, 0.29) is 5.82 Å². The smallest absolute Gasteiger partial charge is 0.191 e.